The van der Waals surface area contributed by atoms with E-state index in [1.54, 1.807) is 4.90 Å². The summed E-state index contributed by atoms with van der Waals surface area (Å²) in [6, 6.07) is 15.2. The van der Waals surface area contributed by atoms with Gasteiger partial charge in [-0.3, -0.25) is 14.4 Å². The van der Waals surface area contributed by atoms with E-state index in [0.717, 1.165) is 33.7 Å². The van der Waals surface area contributed by atoms with E-state index >= 15 is 0 Å². The number of amides is 2. The van der Waals surface area contributed by atoms with Crippen molar-refractivity contribution in [1.82, 2.24) is 4.98 Å². The summed E-state index contributed by atoms with van der Waals surface area (Å²) in [7, 11) is 0. The minimum atomic E-state index is -0.475. The average Bonchev–Trinajstić information content (AvgIpc) is 3.35. The topological polar surface area (TPSA) is 79.4 Å². The van der Waals surface area contributed by atoms with Crippen LogP contribution in [0.2, 0.25) is 0 Å². The fourth-order valence-corrected chi connectivity index (χ4v) is 4.64. The van der Waals surface area contributed by atoms with Gasteiger partial charge < -0.3 is 10.2 Å². The molecule has 1 saturated heterocycles. The summed E-state index contributed by atoms with van der Waals surface area (Å²) in [5.41, 5.74) is 4.37. The molecule has 1 fully saturated rings. The number of carbonyl (C=O) groups excluding carboxylic acids is 3. The Balaban J connectivity index is 1.53. The minimum Gasteiger partial charge on any atom is -0.311 e. The lowest BCUT2D eigenvalue weighted by atomic mass is 10.1. The second kappa shape index (κ2) is 8.43. The van der Waals surface area contributed by atoms with E-state index < -0.39 is 5.92 Å². The van der Waals surface area contributed by atoms with Crippen molar-refractivity contribution in [3.8, 4) is 11.3 Å². The maximum Gasteiger partial charge on any atom is 0.231 e. The molecule has 0 radical (unpaired) electrons. The number of rotatable bonds is 5. The van der Waals surface area contributed by atoms with Crippen LogP contribution >= 0.6 is 11.3 Å². The Labute approximate surface area is 184 Å². The molecule has 1 atom stereocenters. The van der Waals surface area contributed by atoms with Gasteiger partial charge in [-0.25, -0.2) is 4.98 Å². The predicted molar refractivity (Wildman–Crippen MR) is 123 cm³/mol. The van der Waals surface area contributed by atoms with E-state index in [0.29, 0.717) is 22.2 Å². The number of benzene rings is 2. The van der Waals surface area contributed by atoms with Crippen LogP contribution < -0.4 is 10.2 Å². The van der Waals surface area contributed by atoms with Crippen molar-refractivity contribution in [3.05, 3.63) is 64.5 Å². The number of nitrogens with zero attached hydrogens (tertiary/aromatic N) is 2. The van der Waals surface area contributed by atoms with Crippen molar-refractivity contribution in [2.75, 3.05) is 16.8 Å². The van der Waals surface area contributed by atoms with Crippen LogP contribution in [0.5, 0.6) is 0 Å². The molecule has 1 aliphatic heterocycles. The van der Waals surface area contributed by atoms with E-state index in [-0.39, 0.29) is 24.0 Å². The quantitative estimate of drug-likeness (QED) is 0.596. The number of hydrogen-bond acceptors (Lipinski definition) is 5. The van der Waals surface area contributed by atoms with E-state index in [9.17, 15) is 14.4 Å². The maximum atomic E-state index is 12.9. The number of aryl methyl sites for hydroxylation is 1. The molecule has 2 heterocycles. The molecule has 3 aromatic rings. The molecule has 158 valence electrons. The number of nitrogens with one attached hydrogen (secondary N) is 1. The Morgan fingerprint density at radius 2 is 1.84 bits per heavy atom. The SMILES string of the molecule is CC(=O)c1sc(NC(=O)C2CC(=O)N(c3cccc(C)c3C)C2)nc1-c1ccccc1. The Hall–Kier alpha value is -3.32. The molecule has 7 heteroatoms. The summed E-state index contributed by atoms with van der Waals surface area (Å²) in [6.45, 7) is 5.80. The average molecular weight is 434 g/mol. The molecule has 1 N–H and O–H groups in total. The molecule has 1 aromatic heterocycles. The third kappa shape index (κ3) is 4.14. The molecule has 1 unspecified atom stereocenters. The van der Waals surface area contributed by atoms with Crippen LogP contribution in [0, 0.1) is 19.8 Å². The Bertz CT molecular complexity index is 1170. The first-order chi connectivity index (χ1) is 14.8. The van der Waals surface area contributed by atoms with Crippen molar-refractivity contribution < 1.29 is 14.4 Å². The Morgan fingerprint density at radius 3 is 2.55 bits per heavy atom. The molecule has 0 spiro atoms. The first kappa shape index (κ1) is 20.9. The van der Waals surface area contributed by atoms with Crippen molar-refractivity contribution in [3.63, 3.8) is 0 Å². The zero-order chi connectivity index (χ0) is 22.1. The highest BCUT2D eigenvalue weighted by Crippen LogP contribution is 2.33. The molecule has 4 rings (SSSR count). The van der Waals surface area contributed by atoms with E-state index in [1.807, 2.05) is 62.4 Å². The summed E-state index contributed by atoms with van der Waals surface area (Å²) in [4.78, 5) is 44.3. The number of carbonyl (C=O) groups is 3. The highest BCUT2D eigenvalue weighted by atomic mass is 32.1. The van der Waals surface area contributed by atoms with Crippen molar-refractivity contribution in [1.29, 1.82) is 0 Å². The monoisotopic (exact) mass is 433 g/mol. The van der Waals surface area contributed by atoms with Gasteiger partial charge in [-0.2, -0.15) is 0 Å². The smallest absolute Gasteiger partial charge is 0.231 e. The van der Waals surface area contributed by atoms with Crippen molar-refractivity contribution >= 4 is 39.8 Å². The minimum absolute atomic E-state index is 0.0672. The van der Waals surface area contributed by atoms with Crippen LogP contribution in [0.25, 0.3) is 11.3 Å². The third-order valence-corrected chi connectivity index (χ3v) is 6.66. The summed E-state index contributed by atoms with van der Waals surface area (Å²) < 4.78 is 0. The molecule has 0 bridgehead atoms. The lowest BCUT2D eigenvalue weighted by Crippen LogP contribution is -2.28. The number of Topliss-reactive ketones (excluding diaryl/α,β-unsaturated/α-hetero) is 1. The molecule has 0 saturated carbocycles. The molecular formula is C24H23N3O3S. The van der Waals surface area contributed by atoms with Gasteiger partial charge in [0.25, 0.3) is 0 Å². The van der Waals surface area contributed by atoms with Gasteiger partial charge in [0, 0.05) is 31.1 Å². The van der Waals surface area contributed by atoms with Crippen molar-refractivity contribution in [2.24, 2.45) is 5.92 Å². The van der Waals surface area contributed by atoms with Gasteiger partial charge in [0.1, 0.15) is 0 Å². The molecule has 31 heavy (non-hydrogen) atoms. The van der Waals surface area contributed by atoms with Crippen LogP contribution in [-0.2, 0) is 9.59 Å². The molecular weight excluding hydrogens is 410 g/mol. The van der Waals surface area contributed by atoms with Gasteiger partial charge in [0.05, 0.1) is 16.5 Å². The van der Waals surface area contributed by atoms with Crippen LogP contribution in [0.1, 0.15) is 34.1 Å². The van der Waals surface area contributed by atoms with Crippen LogP contribution in [0.4, 0.5) is 10.8 Å². The van der Waals surface area contributed by atoms with Gasteiger partial charge in [0.2, 0.25) is 11.8 Å². The Kier molecular flexibility index (Phi) is 5.69. The standard InChI is InChI=1S/C24H23N3O3S/c1-14-8-7-11-19(15(14)2)27-13-18(12-20(27)29)23(30)26-24-25-21(22(31-24)16(3)28)17-9-5-4-6-10-17/h4-11,18H,12-13H2,1-3H3,(H,25,26,30). The van der Waals surface area contributed by atoms with Crippen molar-refractivity contribution in [2.45, 2.75) is 27.2 Å². The first-order valence-electron chi connectivity index (χ1n) is 10.1. The largest absolute Gasteiger partial charge is 0.311 e. The normalized spacial score (nSPS) is 15.9. The number of thiazole rings is 1. The van der Waals surface area contributed by atoms with Crippen LogP contribution in [-0.4, -0.2) is 29.1 Å². The number of hydrogen-bond donors (Lipinski definition) is 1. The number of anilines is 2. The van der Waals surface area contributed by atoms with Gasteiger partial charge >= 0.3 is 0 Å². The lowest BCUT2D eigenvalue weighted by Gasteiger charge is -2.20. The summed E-state index contributed by atoms with van der Waals surface area (Å²) in [5.74, 6) is -0.904. The summed E-state index contributed by atoms with van der Waals surface area (Å²) in [5, 5.41) is 3.19. The number of ketones is 1. The summed E-state index contributed by atoms with van der Waals surface area (Å²) >= 11 is 1.16. The fraction of sp³-hybridized carbons (Fsp3) is 0.250. The second-order valence-corrected chi connectivity index (χ2v) is 8.73. The highest BCUT2D eigenvalue weighted by molar-refractivity contribution is 7.18. The lowest BCUT2D eigenvalue weighted by molar-refractivity contribution is -0.122. The highest BCUT2D eigenvalue weighted by Gasteiger charge is 2.36. The van der Waals surface area contributed by atoms with E-state index in [2.05, 4.69) is 10.3 Å². The molecule has 0 aliphatic carbocycles. The predicted octanol–water partition coefficient (Wildman–Crippen LogP) is 4.62. The molecule has 2 aromatic carbocycles. The van der Waals surface area contributed by atoms with Gasteiger partial charge in [-0.1, -0.05) is 53.8 Å². The fourth-order valence-electron chi connectivity index (χ4n) is 3.76. The van der Waals surface area contributed by atoms with E-state index in [1.165, 1.54) is 6.92 Å². The third-order valence-electron chi connectivity index (χ3n) is 5.59. The van der Waals surface area contributed by atoms with Crippen LogP contribution in [0.15, 0.2) is 48.5 Å². The zero-order valence-corrected chi connectivity index (χ0v) is 18.5. The molecule has 6 nitrogen and oxygen atoms in total. The Morgan fingerprint density at radius 1 is 1.10 bits per heavy atom. The van der Waals surface area contributed by atoms with Gasteiger partial charge in [-0.05, 0) is 31.0 Å². The van der Waals surface area contributed by atoms with Crippen LogP contribution in [0.3, 0.4) is 0 Å². The molecule has 1 aliphatic rings. The number of aromatic nitrogens is 1. The van der Waals surface area contributed by atoms with Gasteiger partial charge in [0.15, 0.2) is 10.9 Å². The maximum absolute atomic E-state index is 12.9. The first-order valence-corrected chi connectivity index (χ1v) is 10.9. The van der Waals surface area contributed by atoms with E-state index in [4.69, 9.17) is 0 Å². The summed E-state index contributed by atoms with van der Waals surface area (Å²) in [6.07, 6.45) is 0.149. The van der Waals surface area contributed by atoms with Gasteiger partial charge in [-0.15, -0.1) is 0 Å². The molecule has 2 amide bonds. The zero-order valence-electron chi connectivity index (χ0n) is 17.6. The second-order valence-electron chi connectivity index (χ2n) is 7.73.